The van der Waals surface area contributed by atoms with E-state index in [1.807, 2.05) is 0 Å². The first-order valence-electron chi connectivity index (χ1n) is 3.66. The molecule has 1 heterocycles. The molecule has 1 N–H and O–H groups in total. The highest BCUT2D eigenvalue weighted by atomic mass is 35.5. The Balaban J connectivity index is 2.75. The Labute approximate surface area is 86.1 Å². The third-order valence-corrected chi connectivity index (χ3v) is 1.86. The van der Waals surface area contributed by atoms with Gasteiger partial charge in [0.1, 0.15) is 5.38 Å². The van der Waals surface area contributed by atoms with Crippen LogP contribution in [0.15, 0.2) is 18.3 Å². The number of nitrogens with one attached hydrogen (secondary N) is 1. The molecular weight excluding hydrogens is 211 g/mol. The van der Waals surface area contributed by atoms with Crippen LogP contribution in [-0.4, -0.2) is 16.3 Å². The van der Waals surface area contributed by atoms with Crippen LogP contribution < -0.4 is 5.32 Å². The molecule has 0 unspecified atom stereocenters. The lowest BCUT2D eigenvalue weighted by molar-refractivity contribution is -0.115. The number of carbonyl (C=O) groups is 1. The van der Waals surface area contributed by atoms with Gasteiger partial charge in [0.25, 0.3) is 0 Å². The van der Waals surface area contributed by atoms with Crippen LogP contribution in [0.25, 0.3) is 0 Å². The Morgan fingerprint density at radius 1 is 1.69 bits per heavy atom. The summed E-state index contributed by atoms with van der Waals surface area (Å²) >= 11 is 11.3. The fraction of sp³-hybridized carbons (Fsp3) is 0.250. The van der Waals surface area contributed by atoms with Gasteiger partial charge in [0.2, 0.25) is 5.91 Å². The molecule has 0 radical (unpaired) electrons. The third-order valence-electron chi connectivity index (χ3n) is 1.36. The van der Waals surface area contributed by atoms with E-state index in [2.05, 4.69) is 10.3 Å². The van der Waals surface area contributed by atoms with Gasteiger partial charge in [0.15, 0.2) is 5.82 Å². The maximum absolute atomic E-state index is 11.1. The summed E-state index contributed by atoms with van der Waals surface area (Å²) in [6.45, 7) is 1.58. The zero-order valence-electron chi connectivity index (χ0n) is 6.92. The highest BCUT2D eigenvalue weighted by Gasteiger charge is 2.11. The molecule has 1 amide bonds. The van der Waals surface area contributed by atoms with Crippen LogP contribution in [0.2, 0.25) is 5.02 Å². The Bertz CT molecular complexity index is 315. The molecule has 0 spiro atoms. The lowest BCUT2D eigenvalue weighted by Crippen LogP contribution is -2.21. The number of hydrogen-bond donors (Lipinski definition) is 1. The van der Waals surface area contributed by atoms with E-state index in [9.17, 15) is 4.79 Å². The molecule has 0 fully saturated rings. The van der Waals surface area contributed by atoms with Gasteiger partial charge in [-0.15, -0.1) is 11.6 Å². The van der Waals surface area contributed by atoms with Crippen molar-refractivity contribution in [3.05, 3.63) is 23.4 Å². The molecule has 3 nitrogen and oxygen atoms in total. The van der Waals surface area contributed by atoms with E-state index < -0.39 is 5.38 Å². The molecule has 1 aromatic heterocycles. The van der Waals surface area contributed by atoms with Crippen molar-refractivity contribution in [3.63, 3.8) is 0 Å². The van der Waals surface area contributed by atoms with Crippen molar-refractivity contribution in [3.8, 4) is 0 Å². The van der Waals surface area contributed by atoms with Crippen LogP contribution in [0.4, 0.5) is 5.82 Å². The van der Waals surface area contributed by atoms with Crippen LogP contribution in [0.3, 0.4) is 0 Å². The number of pyridine rings is 1. The smallest absolute Gasteiger partial charge is 0.243 e. The fourth-order valence-electron chi connectivity index (χ4n) is 0.694. The van der Waals surface area contributed by atoms with Gasteiger partial charge in [0, 0.05) is 6.20 Å². The molecule has 0 saturated carbocycles. The standard InChI is InChI=1S/C8H8Cl2N2O/c1-5(9)8(13)12-7-6(10)3-2-4-11-7/h2-5H,1H3,(H,11,12,13)/t5-/m0/s1. The normalized spacial score (nSPS) is 12.2. The predicted octanol–water partition coefficient (Wildman–Crippen LogP) is 2.30. The zero-order valence-corrected chi connectivity index (χ0v) is 8.43. The Hall–Kier alpha value is -0.800. The number of amides is 1. The molecule has 0 aliphatic heterocycles. The summed E-state index contributed by atoms with van der Waals surface area (Å²) in [6.07, 6.45) is 1.54. The van der Waals surface area contributed by atoms with Crippen molar-refractivity contribution in [1.82, 2.24) is 4.98 Å². The second-order valence-corrected chi connectivity index (χ2v) is 3.50. The molecule has 70 valence electrons. The summed E-state index contributed by atoms with van der Waals surface area (Å²) in [7, 11) is 0. The van der Waals surface area contributed by atoms with Crippen molar-refractivity contribution < 1.29 is 4.79 Å². The van der Waals surface area contributed by atoms with Crippen molar-refractivity contribution >= 4 is 34.9 Å². The molecule has 1 rings (SSSR count). The number of alkyl halides is 1. The van der Waals surface area contributed by atoms with Crippen LogP contribution in [0.1, 0.15) is 6.92 Å². The largest absolute Gasteiger partial charge is 0.308 e. The first-order valence-corrected chi connectivity index (χ1v) is 4.48. The number of carbonyl (C=O) groups excluding carboxylic acids is 1. The minimum atomic E-state index is -0.599. The summed E-state index contributed by atoms with van der Waals surface area (Å²) in [5.74, 6) is 0.0175. The molecule has 1 aromatic rings. The maximum atomic E-state index is 11.1. The molecule has 1 atom stereocenters. The van der Waals surface area contributed by atoms with Crippen molar-refractivity contribution in [1.29, 1.82) is 0 Å². The van der Waals surface area contributed by atoms with Crippen LogP contribution in [0, 0.1) is 0 Å². The van der Waals surface area contributed by atoms with Crippen molar-refractivity contribution in [2.75, 3.05) is 5.32 Å². The van der Waals surface area contributed by atoms with Crippen LogP contribution in [-0.2, 0) is 4.79 Å². The summed E-state index contributed by atoms with van der Waals surface area (Å²) in [5.41, 5.74) is 0. The second kappa shape index (κ2) is 4.44. The minimum Gasteiger partial charge on any atom is -0.308 e. The van der Waals surface area contributed by atoms with Crippen LogP contribution in [0.5, 0.6) is 0 Å². The average Bonchev–Trinajstić information content (AvgIpc) is 2.08. The summed E-state index contributed by atoms with van der Waals surface area (Å²) in [6, 6.07) is 3.32. The lowest BCUT2D eigenvalue weighted by atomic mass is 10.4. The number of aromatic nitrogens is 1. The second-order valence-electron chi connectivity index (χ2n) is 2.44. The first kappa shape index (κ1) is 10.3. The lowest BCUT2D eigenvalue weighted by Gasteiger charge is -2.06. The van der Waals surface area contributed by atoms with E-state index >= 15 is 0 Å². The van der Waals surface area contributed by atoms with E-state index in [0.29, 0.717) is 10.8 Å². The number of halogens is 2. The molecular formula is C8H8Cl2N2O. The Morgan fingerprint density at radius 3 is 2.92 bits per heavy atom. The van der Waals surface area contributed by atoms with Gasteiger partial charge >= 0.3 is 0 Å². The zero-order chi connectivity index (χ0) is 9.84. The SMILES string of the molecule is C[C@H](Cl)C(=O)Nc1ncccc1Cl. The molecule has 0 aromatic carbocycles. The number of anilines is 1. The van der Waals surface area contributed by atoms with E-state index in [1.54, 1.807) is 25.3 Å². The van der Waals surface area contributed by atoms with Crippen molar-refractivity contribution in [2.24, 2.45) is 0 Å². The average molecular weight is 219 g/mol. The summed E-state index contributed by atoms with van der Waals surface area (Å²) in [5, 5.41) is 2.29. The van der Waals surface area contributed by atoms with Gasteiger partial charge in [-0.05, 0) is 19.1 Å². The van der Waals surface area contributed by atoms with Crippen LogP contribution >= 0.6 is 23.2 Å². The Morgan fingerprint density at radius 2 is 2.38 bits per heavy atom. The summed E-state index contributed by atoms with van der Waals surface area (Å²) < 4.78 is 0. The highest BCUT2D eigenvalue weighted by Crippen LogP contribution is 2.17. The van der Waals surface area contributed by atoms with Gasteiger partial charge in [-0.3, -0.25) is 4.79 Å². The molecule has 13 heavy (non-hydrogen) atoms. The quantitative estimate of drug-likeness (QED) is 0.775. The predicted molar refractivity (Wildman–Crippen MR) is 53.2 cm³/mol. The van der Waals surface area contributed by atoms with Gasteiger partial charge in [0.05, 0.1) is 5.02 Å². The highest BCUT2D eigenvalue weighted by molar-refractivity contribution is 6.35. The number of nitrogens with zero attached hydrogens (tertiary/aromatic N) is 1. The first-order chi connectivity index (χ1) is 6.11. The molecule has 0 aliphatic carbocycles. The third kappa shape index (κ3) is 2.86. The van der Waals surface area contributed by atoms with Crippen molar-refractivity contribution in [2.45, 2.75) is 12.3 Å². The number of hydrogen-bond acceptors (Lipinski definition) is 2. The van der Waals surface area contributed by atoms with E-state index in [0.717, 1.165) is 0 Å². The molecule has 0 aliphatic rings. The van der Waals surface area contributed by atoms with E-state index in [1.165, 1.54) is 0 Å². The fourth-order valence-corrected chi connectivity index (χ4v) is 0.917. The van der Waals surface area contributed by atoms with Gasteiger partial charge in [-0.25, -0.2) is 4.98 Å². The Kier molecular flexibility index (Phi) is 3.51. The maximum Gasteiger partial charge on any atom is 0.243 e. The monoisotopic (exact) mass is 218 g/mol. The van der Waals surface area contributed by atoms with E-state index in [-0.39, 0.29) is 5.91 Å². The minimum absolute atomic E-state index is 0.317. The van der Waals surface area contributed by atoms with Gasteiger partial charge in [-0.1, -0.05) is 11.6 Å². The molecule has 0 bridgehead atoms. The summed E-state index contributed by atoms with van der Waals surface area (Å²) in [4.78, 5) is 15.0. The molecule has 5 heteroatoms. The van der Waals surface area contributed by atoms with Gasteiger partial charge in [-0.2, -0.15) is 0 Å². The topological polar surface area (TPSA) is 42.0 Å². The molecule has 0 saturated heterocycles. The van der Waals surface area contributed by atoms with Gasteiger partial charge < -0.3 is 5.32 Å². The number of rotatable bonds is 2. The van der Waals surface area contributed by atoms with E-state index in [4.69, 9.17) is 23.2 Å².